The van der Waals surface area contributed by atoms with Gasteiger partial charge in [-0.1, -0.05) is 54.6 Å². The Bertz CT molecular complexity index is 1040. The van der Waals surface area contributed by atoms with Gasteiger partial charge in [-0.05, 0) is 43.9 Å². The topological polar surface area (TPSA) is 96.0 Å². The van der Waals surface area contributed by atoms with Crippen LogP contribution < -0.4 is 0 Å². The van der Waals surface area contributed by atoms with Gasteiger partial charge in [0.05, 0.1) is 6.42 Å². The van der Waals surface area contributed by atoms with Crippen LogP contribution in [0.4, 0.5) is 0 Å². The normalized spacial score (nSPS) is 16.9. The molecule has 3 rings (SSSR count). The van der Waals surface area contributed by atoms with Crippen molar-refractivity contribution < 1.29 is 33.4 Å². The van der Waals surface area contributed by atoms with Gasteiger partial charge in [-0.15, -0.1) is 0 Å². The van der Waals surface area contributed by atoms with Crippen molar-refractivity contribution in [2.24, 2.45) is 11.8 Å². The number of cyclic esters (lactones) is 2. The molecule has 0 amide bonds. The van der Waals surface area contributed by atoms with Gasteiger partial charge in [0, 0.05) is 19.8 Å². The molecule has 2 aromatic rings. The van der Waals surface area contributed by atoms with Crippen LogP contribution in [0.15, 0.2) is 54.6 Å². The second-order valence-corrected chi connectivity index (χ2v) is 9.83. The molecule has 0 spiro atoms. The molecule has 34 heavy (non-hydrogen) atoms. The first-order chi connectivity index (χ1) is 15.8. The number of hydrogen-bond acceptors (Lipinski definition) is 7. The molecule has 0 aromatic heterocycles. The average molecular weight is 467 g/mol. The number of ether oxygens (including phenoxy) is 3. The Morgan fingerprint density at radius 2 is 1.44 bits per heavy atom. The number of carbonyl (C=O) groups is 4. The third-order valence-electron chi connectivity index (χ3n) is 5.23. The van der Waals surface area contributed by atoms with Crippen molar-refractivity contribution in [2.75, 3.05) is 0 Å². The number of carbonyl (C=O) groups excluding carboxylic acids is 4. The minimum absolute atomic E-state index is 0.146. The van der Waals surface area contributed by atoms with Gasteiger partial charge in [0.25, 0.3) is 5.79 Å². The van der Waals surface area contributed by atoms with Crippen molar-refractivity contribution in [3.8, 4) is 11.1 Å². The molecule has 0 bridgehead atoms. The molecule has 2 aromatic carbocycles. The van der Waals surface area contributed by atoms with Gasteiger partial charge < -0.3 is 14.2 Å². The third kappa shape index (κ3) is 6.53. The van der Waals surface area contributed by atoms with E-state index in [-0.39, 0.29) is 12.8 Å². The maximum Gasteiger partial charge on any atom is 0.331 e. The summed E-state index contributed by atoms with van der Waals surface area (Å²) in [6.45, 7) is 8.00. The number of ketones is 1. The highest BCUT2D eigenvalue weighted by atomic mass is 16.7. The lowest BCUT2D eigenvalue weighted by Crippen LogP contribution is -2.50. The van der Waals surface area contributed by atoms with Crippen molar-refractivity contribution in [1.82, 2.24) is 0 Å². The summed E-state index contributed by atoms with van der Waals surface area (Å²) in [6, 6.07) is 17.4. The Hall–Kier alpha value is -3.48. The predicted molar refractivity (Wildman–Crippen MR) is 124 cm³/mol. The Morgan fingerprint density at radius 1 is 0.912 bits per heavy atom. The molecule has 1 atom stereocenters. The van der Waals surface area contributed by atoms with E-state index in [0.717, 1.165) is 16.7 Å². The first kappa shape index (κ1) is 25.1. The molecule has 7 heteroatoms. The van der Waals surface area contributed by atoms with Crippen LogP contribution in [0.5, 0.6) is 0 Å². The molecule has 1 aliphatic rings. The van der Waals surface area contributed by atoms with E-state index in [4.69, 9.17) is 14.2 Å². The van der Waals surface area contributed by atoms with Crippen molar-refractivity contribution in [3.63, 3.8) is 0 Å². The highest BCUT2D eigenvalue weighted by Gasteiger charge is 2.49. The number of rotatable bonds is 7. The van der Waals surface area contributed by atoms with E-state index >= 15 is 0 Å². The van der Waals surface area contributed by atoms with Crippen molar-refractivity contribution in [3.05, 3.63) is 60.2 Å². The first-order valence-corrected chi connectivity index (χ1v) is 11.2. The number of esters is 3. The summed E-state index contributed by atoms with van der Waals surface area (Å²) in [4.78, 5) is 50.8. The van der Waals surface area contributed by atoms with Gasteiger partial charge in [-0.3, -0.25) is 19.2 Å². The van der Waals surface area contributed by atoms with Gasteiger partial charge in [0.15, 0.2) is 5.78 Å². The van der Waals surface area contributed by atoms with Crippen LogP contribution in [-0.4, -0.2) is 35.1 Å². The summed E-state index contributed by atoms with van der Waals surface area (Å²) in [5, 5.41) is 0. The lowest BCUT2D eigenvalue weighted by molar-refractivity contribution is -0.238. The van der Waals surface area contributed by atoms with E-state index in [1.165, 1.54) is 13.8 Å². The fourth-order valence-electron chi connectivity index (χ4n) is 3.79. The van der Waals surface area contributed by atoms with Crippen molar-refractivity contribution in [2.45, 2.75) is 58.8 Å². The summed E-state index contributed by atoms with van der Waals surface area (Å²) in [5.41, 5.74) is 2.08. The predicted octanol–water partition coefficient (Wildman–Crippen LogP) is 4.27. The quantitative estimate of drug-likeness (QED) is 0.444. The second-order valence-electron chi connectivity index (χ2n) is 9.83. The van der Waals surface area contributed by atoms with E-state index in [1.54, 1.807) is 20.8 Å². The smallest absolute Gasteiger partial charge is 0.331 e. The third-order valence-corrected chi connectivity index (χ3v) is 5.23. The molecule has 0 radical (unpaired) electrons. The van der Waals surface area contributed by atoms with Gasteiger partial charge in [0.1, 0.15) is 5.60 Å². The van der Waals surface area contributed by atoms with E-state index in [0.29, 0.717) is 0 Å². The molecular formula is C27H30O7. The van der Waals surface area contributed by atoms with Crippen LogP contribution in [0, 0.1) is 11.8 Å². The Kier molecular flexibility index (Phi) is 7.24. The zero-order chi connectivity index (χ0) is 25.1. The monoisotopic (exact) mass is 466 g/mol. The van der Waals surface area contributed by atoms with Gasteiger partial charge in [-0.2, -0.15) is 0 Å². The minimum atomic E-state index is -1.73. The van der Waals surface area contributed by atoms with Crippen LogP contribution in [0.2, 0.25) is 0 Å². The molecule has 1 aliphatic heterocycles. The molecule has 0 aliphatic carbocycles. The Morgan fingerprint density at radius 3 is 1.97 bits per heavy atom. The molecular weight excluding hydrogens is 436 g/mol. The second kappa shape index (κ2) is 9.79. The fourth-order valence-corrected chi connectivity index (χ4v) is 3.79. The van der Waals surface area contributed by atoms with Crippen LogP contribution in [0.1, 0.15) is 46.6 Å². The van der Waals surface area contributed by atoms with Crippen LogP contribution >= 0.6 is 0 Å². The van der Waals surface area contributed by atoms with Crippen LogP contribution in [0.25, 0.3) is 11.1 Å². The standard InChI is InChI=1S/C27H30O7/c1-26(2,3)32-21(28)16-20(23(29)22-24(30)33-27(4,5)34-25(22)31)15-17-11-13-19(14-12-17)18-9-7-6-8-10-18/h6-14,20,22H,15-16H2,1-5H3/t20-/m0/s1. The zero-order valence-corrected chi connectivity index (χ0v) is 20.1. The van der Waals surface area contributed by atoms with Crippen LogP contribution in [-0.2, 0) is 39.8 Å². The summed E-state index contributed by atoms with van der Waals surface area (Å²) < 4.78 is 15.6. The maximum absolute atomic E-state index is 13.3. The minimum Gasteiger partial charge on any atom is -0.460 e. The summed E-state index contributed by atoms with van der Waals surface area (Å²) >= 11 is 0. The molecule has 1 heterocycles. The zero-order valence-electron chi connectivity index (χ0n) is 20.1. The lowest BCUT2D eigenvalue weighted by Gasteiger charge is -2.33. The van der Waals surface area contributed by atoms with Crippen LogP contribution in [0.3, 0.4) is 0 Å². The van der Waals surface area contributed by atoms with Crippen molar-refractivity contribution >= 4 is 23.7 Å². The van der Waals surface area contributed by atoms with E-state index in [2.05, 4.69) is 0 Å². The van der Waals surface area contributed by atoms with Gasteiger partial charge >= 0.3 is 17.9 Å². The van der Waals surface area contributed by atoms with E-state index < -0.39 is 46.9 Å². The molecule has 0 unspecified atom stereocenters. The summed E-state index contributed by atoms with van der Waals surface area (Å²) in [7, 11) is 0. The molecule has 1 saturated heterocycles. The summed E-state index contributed by atoms with van der Waals surface area (Å²) in [5.74, 6) is -7.40. The van der Waals surface area contributed by atoms with E-state index in [9.17, 15) is 19.2 Å². The molecule has 1 fully saturated rings. The van der Waals surface area contributed by atoms with E-state index in [1.807, 2.05) is 54.6 Å². The molecule has 180 valence electrons. The number of benzene rings is 2. The molecule has 7 nitrogen and oxygen atoms in total. The maximum atomic E-state index is 13.3. The molecule has 0 saturated carbocycles. The first-order valence-electron chi connectivity index (χ1n) is 11.2. The SMILES string of the molecule is CC(C)(C)OC(=O)C[C@H](Cc1ccc(-c2ccccc2)cc1)C(=O)C1C(=O)OC(C)(C)OC1=O. The Balaban J connectivity index is 1.83. The molecule has 0 N–H and O–H groups in total. The lowest BCUT2D eigenvalue weighted by atomic mass is 9.85. The van der Waals surface area contributed by atoms with Gasteiger partial charge in [0.2, 0.25) is 5.92 Å². The summed E-state index contributed by atoms with van der Waals surface area (Å²) in [6.07, 6.45) is -0.134. The Labute approximate surface area is 199 Å². The average Bonchev–Trinajstić information content (AvgIpc) is 2.71. The highest BCUT2D eigenvalue weighted by molar-refractivity contribution is 6.16. The van der Waals surface area contributed by atoms with Gasteiger partial charge in [-0.25, -0.2) is 0 Å². The fraction of sp³-hybridized carbons (Fsp3) is 0.407. The highest BCUT2D eigenvalue weighted by Crippen LogP contribution is 2.29. The number of Topliss-reactive ketones (excluding diaryl/α,β-unsaturated/α-hetero) is 1. The number of hydrogen-bond donors (Lipinski definition) is 0. The largest absolute Gasteiger partial charge is 0.460 e. The van der Waals surface area contributed by atoms with Crippen molar-refractivity contribution in [1.29, 1.82) is 0 Å².